The molecule has 1 fully saturated rings. The number of carboxylic acids is 1. The summed E-state index contributed by atoms with van der Waals surface area (Å²) in [5, 5.41) is 10.6. The van der Waals surface area contributed by atoms with Crippen molar-refractivity contribution in [3.05, 3.63) is 15.8 Å². The maximum absolute atomic E-state index is 12.3. The minimum atomic E-state index is -3.74. The highest BCUT2D eigenvalue weighted by Crippen LogP contribution is 2.29. The summed E-state index contributed by atoms with van der Waals surface area (Å²) < 4.78 is 27.1. The van der Waals surface area contributed by atoms with E-state index in [-0.39, 0.29) is 9.77 Å². The van der Waals surface area contributed by atoms with Crippen LogP contribution in [0, 0.1) is 12.8 Å². The molecule has 0 aromatic carbocycles. The zero-order chi connectivity index (χ0) is 15.5. The molecular weight excluding hydrogens is 310 g/mol. The van der Waals surface area contributed by atoms with E-state index in [1.54, 1.807) is 12.3 Å². The van der Waals surface area contributed by atoms with Gasteiger partial charge in [0.2, 0.25) is 10.0 Å². The average Bonchev–Trinajstić information content (AvgIpc) is 3.03. The number of hydrogen-bond donors (Lipinski definition) is 2. The van der Waals surface area contributed by atoms with E-state index in [0.717, 1.165) is 30.1 Å². The van der Waals surface area contributed by atoms with Crippen LogP contribution < -0.4 is 4.72 Å². The molecular formula is C14H21NO4S2. The van der Waals surface area contributed by atoms with Crippen molar-refractivity contribution in [1.82, 2.24) is 4.72 Å². The van der Waals surface area contributed by atoms with Gasteiger partial charge in [-0.15, -0.1) is 11.3 Å². The normalized spacial score (nSPS) is 16.4. The molecule has 1 aromatic rings. The highest BCUT2D eigenvalue weighted by atomic mass is 32.2. The van der Waals surface area contributed by atoms with Gasteiger partial charge in [0.15, 0.2) is 0 Å². The van der Waals surface area contributed by atoms with E-state index in [4.69, 9.17) is 5.11 Å². The number of aromatic carboxylic acids is 1. The van der Waals surface area contributed by atoms with Gasteiger partial charge in [0, 0.05) is 6.54 Å². The largest absolute Gasteiger partial charge is 0.477 e. The van der Waals surface area contributed by atoms with Crippen LogP contribution in [0.1, 0.15) is 53.8 Å². The van der Waals surface area contributed by atoms with Crippen molar-refractivity contribution in [2.75, 3.05) is 6.54 Å². The number of rotatable bonds is 7. The molecule has 0 bridgehead atoms. The Morgan fingerprint density at radius 3 is 2.71 bits per heavy atom. The molecule has 0 radical (unpaired) electrons. The Kier molecular flexibility index (Phi) is 5.40. The van der Waals surface area contributed by atoms with Gasteiger partial charge in [-0.25, -0.2) is 17.9 Å². The molecule has 0 amide bonds. The molecule has 2 N–H and O–H groups in total. The van der Waals surface area contributed by atoms with Crippen LogP contribution in [0.3, 0.4) is 0 Å². The van der Waals surface area contributed by atoms with Gasteiger partial charge in [-0.1, -0.05) is 25.7 Å². The predicted molar refractivity (Wildman–Crippen MR) is 82.4 cm³/mol. The van der Waals surface area contributed by atoms with Gasteiger partial charge in [0.25, 0.3) is 0 Å². The van der Waals surface area contributed by atoms with Crippen LogP contribution in [-0.4, -0.2) is 26.0 Å². The minimum absolute atomic E-state index is 0.0825. The molecule has 118 valence electrons. The molecule has 1 aromatic heterocycles. The van der Waals surface area contributed by atoms with Crippen LogP contribution in [-0.2, 0) is 10.0 Å². The van der Waals surface area contributed by atoms with Crippen LogP contribution >= 0.6 is 11.3 Å². The number of hydrogen-bond acceptors (Lipinski definition) is 4. The van der Waals surface area contributed by atoms with Crippen molar-refractivity contribution >= 4 is 27.3 Å². The van der Waals surface area contributed by atoms with E-state index in [2.05, 4.69) is 4.72 Å². The fourth-order valence-corrected chi connectivity index (χ4v) is 5.58. The van der Waals surface area contributed by atoms with E-state index in [0.29, 0.717) is 12.1 Å². The number of nitrogens with one attached hydrogen (secondary N) is 1. The second-order valence-corrected chi connectivity index (χ2v) is 8.16. The maximum atomic E-state index is 12.3. The van der Waals surface area contributed by atoms with Crippen LogP contribution in [0.4, 0.5) is 0 Å². The maximum Gasteiger partial charge on any atom is 0.347 e. The molecule has 0 atom stereocenters. The Hall–Kier alpha value is -0.920. The number of thiophene rings is 1. The highest BCUT2D eigenvalue weighted by molar-refractivity contribution is 7.89. The van der Waals surface area contributed by atoms with Crippen molar-refractivity contribution < 1.29 is 18.3 Å². The molecule has 0 unspecified atom stereocenters. The van der Waals surface area contributed by atoms with Gasteiger partial charge in [-0.05, 0) is 36.6 Å². The Balaban J connectivity index is 1.95. The van der Waals surface area contributed by atoms with E-state index in [1.165, 1.54) is 25.7 Å². The molecule has 5 nitrogen and oxygen atoms in total. The van der Waals surface area contributed by atoms with Crippen LogP contribution in [0.15, 0.2) is 10.3 Å². The Morgan fingerprint density at radius 1 is 1.43 bits per heavy atom. The number of sulfonamides is 1. The summed E-state index contributed by atoms with van der Waals surface area (Å²) in [6.45, 7) is 1.99. The SMILES string of the molecule is Cc1csc(C(=O)O)c1S(=O)(=O)NCCCC1CCCC1. The fourth-order valence-electron chi connectivity index (χ4n) is 2.88. The standard InChI is InChI=1S/C14H21NO4S2/c1-10-9-20-12(14(16)17)13(10)21(18,19)15-8-4-7-11-5-2-3-6-11/h9,11,15H,2-8H2,1H3,(H,16,17). The number of carboxylic acid groups (broad SMARTS) is 1. The lowest BCUT2D eigenvalue weighted by atomic mass is 10.0. The molecule has 0 spiro atoms. The first-order chi connectivity index (χ1) is 9.92. The zero-order valence-electron chi connectivity index (χ0n) is 12.1. The Bertz CT molecular complexity index is 600. The van der Waals surface area contributed by atoms with Crippen LogP contribution in [0.5, 0.6) is 0 Å². The van der Waals surface area contributed by atoms with Crippen LogP contribution in [0.2, 0.25) is 0 Å². The summed E-state index contributed by atoms with van der Waals surface area (Å²) in [7, 11) is -3.74. The van der Waals surface area contributed by atoms with E-state index in [9.17, 15) is 13.2 Å². The quantitative estimate of drug-likeness (QED) is 0.752. The minimum Gasteiger partial charge on any atom is -0.477 e. The molecule has 0 saturated heterocycles. The van der Waals surface area contributed by atoms with Gasteiger partial charge < -0.3 is 5.11 Å². The van der Waals surface area contributed by atoms with E-state index >= 15 is 0 Å². The van der Waals surface area contributed by atoms with Gasteiger partial charge >= 0.3 is 5.97 Å². The highest BCUT2D eigenvalue weighted by Gasteiger charge is 2.26. The average molecular weight is 331 g/mol. The smallest absolute Gasteiger partial charge is 0.347 e. The lowest BCUT2D eigenvalue weighted by molar-refractivity contribution is 0.0698. The summed E-state index contributed by atoms with van der Waals surface area (Å²) in [6.07, 6.45) is 6.91. The third kappa shape index (κ3) is 4.05. The van der Waals surface area contributed by atoms with Gasteiger partial charge in [0.05, 0.1) is 0 Å². The first kappa shape index (κ1) is 16.5. The fraction of sp³-hybridized carbons (Fsp3) is 0.643. The molecule has 2 rings (SSSR count). The molecule has 1 heterocycles. The van der Waals surface area contributed by atoms with E-state index < -0.39 is 16.0 Å². The topological polar surface area (TPSA) is 83.5 Å². The summed E-state index contributed by atoms with van der Waals surface area (Å²) in [6, 6.07) is 0. The first-order valence-electron chi connectivity index (χ1n) is 7.23. The Labute approximate surface area is 129 Å². The van der Waals surface area contributed by atoms with Crippen molar-refractivity contribution in [1.29, 1.82) is 0 Å². The zero-order valence-corrected chi connectivity index (χ0v) is 13.7. The second-order valence-electron chi connectivity index (χ2n) is 5.57. The third-order valence-electron chi connectivity index (χ3n) is 3.94. The van der Waals surface area contributed by atoms with Crippen LogP contribution in [0.25, 0.3) is 0 Å². The molecule has 21 heavy (non-hydrogen) atoms. The molecule has 0 aliphatic heterocycles. The summed E-state index contributed by atoms with van der Waals surface area (Å²) in [4.78, 5) is 10.9. The number of aryl methyl sites for hydroxylation is 1. The van der Waals surface area contributed by atoms with Crippen molar-refractivity contribution in [3.63, 3.8) is 0 Å². The molecule has 1 aliphatic rings. The van der Waals surface area contributed by atoms with E-state index in [1.807, 2.05) is 0 Å². The monoisotopic (exact) mass is 331 g/mol. The van der Waals surface area contributed by atoms with Crippen molar-refractivity contribution in [2.24, 2.45) is 5.92 Å². The first-order valence-corrected chi connectivity index (χ1v) is 9.59. The Morgan fingerprint density at radius 2 is 2.10 bits per heavy atom. The molecule has 1 aliphatic carbocycles. The third-order valence-corrected chi connectivity index (χ3v) is 6.80. The lowest BCUT2D eigenvalue weighted by Crippen LogP contribution is -2.26. The van der Waals surface area contributed by atoms with Gasteiger partial charge in [-0.2, -0.15) is 0 Å². The molecule has 1 saturated carbocycles. The lowest BCUT2D eigenvalue weighted by Gasteiger charge is -2.10. The van der Waals surface area contributed by atoms with Crippen molar-refractivity contribution in [2.45, 2.75) is 50.3 Å². The molecule has 7 heteroatoms. The predicted octanol–water partition coefficient (Wildman–Crippen LogP) is 3.00. The number of carbonyl (C=O) groups is 1. The summed E-state index contributed by atoms with van der Waals surface area (Å²) in [5.41, 5.74) is 0.487. The summed E-state index contributed by atoms with van der Waals surface area (Å²) in [5.74, 6) is -0.466. The van der Waals surface area contributed by atoms with Crippen molar-refractivity contribution in [3.8, 4) is 0 Å². The summed E-state index contributed by atoms with van der Waals surface area (Å²) >= 11 is 0.952. The second kappa shape index (κ2) is 6.89. The van der Waals surface area contributed by atoms with Gasteiger partial charge in [-0.3, -0.25) is 0 Å². The van der Waals surface area contributed by atoms with Gasteiger partial charge in [0.1, 0.15) is 9.77 Å².